The molecule has 1 unspecified atom stereocenters. The summed E-state index contributed by atoms with van der Waals surface area (Å²) in [5, 5.41) is 12.0. The fourth-order valence-corrected chi connectivity index (χ4v) is 1.48. The Balaban J connectivity index is 2.78. The van der Waals surface area contributed by atoms with E-state index in [1.165, 1.54) is 6.20 Å². The molecule has 0 aliphatic heterocycles. The van der Waals surface area contributed by atoms with Gasteiger partial charge in [-0.15, -0.1) is 0 Å². The molecule has 0 aliphatic carbocycles. The Morgan fingerprint density at radius 1 is 1.56 bits per heavy atom. The maximum atomic E-state index is 8.75. The number of nitrogen functional groups attached to an aromatic ring is 1. The Morgan fingerprint density at radius 2 is 2.28 bits per heavy atom. The Bertz CT molecular complexity index is 425. The predicted molar refractivity (Wildman–Crippen MR) is 72.1 cm³/mol. The van der Waals surface area contributed by atoms with Gasteiger partial charge in [-0.1, -0.05) is 13.8 Å². The molecule has 0 spiro atoms. The summed E-state index contributed by atoms with van der Waals surface area (Å²) in [6.45, 7) is 7.47. The van der Waals surface area contributed by atoms with Gasteiger partial charge in [-0.3, -0.25) is 0 Å². The third-order valence-electron chi connectivity index (χ3n) is 2.67. The summed E-state index contributed by atoms with van der Waals surface area (Å²) in [4.78, 5) is 4.17. The van der Waals surface area contributed by atoms with E-state index in [1.54, 1.807) is 6.07 Å². The highest BCUT2D eigenvalue weighted by atomic mass is 16.5. The first-order valence-electron chi connectivity index (χ1n) is 6.08. The minimum Gasteiger partial charge on any atom is -0.396 e. The monoisotopic (exact) mass is 248 g/mol. The van der Waals surface area contributed by atoms with Gasteiger partial charge in [-0.05, 0) is 18.9 Å². The van der Waals surface area contributed by atoms with Gasteiger partial charge in [0.15, 0.2) is 0 Å². The van der Waals surface area contributed by atoms with Crippen molar-refractivity contribution in [3.8, 4) is 6.07 Å². The number of hydrogen-bond acceptors (Lipinski definition) is 5. The largest absolute Gasteiger partial charge is 0.396 e. The summed E-state index contributed by atoms with van der Waals surface area (Å²) in [6.07, 6.45) is 1.51. The smallest absolute Gasteiger partial charge is 0.149 e. The summed E-state index contributed by atoms with van der Waals surface area (Å²) in [7, 11) is 0. The molecule has 0 saturated heterocycles. The molecule has 1 aromatic heterocycles. The number of pyridine rings is 1. The number of ether oxygens (including phenoxy) is 1. The van der Waals surface area contributed by atoms with Crippen LogP contribution in [0.25, 0.3) is 0 Å². The molecule has 5 heteroatoms. The standard InChI is InChI=1S/C13H20N4O/c1-4-18-8-12(9(2)3)17-13-11(15)5-10(6-14)7-16-13/h5,7,9,12H,4,8,15H2,1-3H3,(H,16,17). The molecule has 0 amide bonds. The summed E-state index contributed by atoms with van der Waals surface area (Å²) in [5.41, 5.74) is 6.80. The number of hydrogen-bond donors (Lipinski definition) is 2. The maximum Gasteiger partial charge on any atom is 0.149 e. The van der Waals surface area contributed by atoms with E-state index in [-0.39, 0.29) is 6.04 Å². The van der Waals surface area contributed by atoms with Crippen LogP contribution in [0.2, 0.25) is 0 Å². The SMILES string of the molecule is CCOCC(Nc1ncc(C#N)cc1N)C(C)C. The number of rotatable bonds is 6. The van der Waals surface area contributed by atoms with Crippen LogP contribution < -0.4 is 11.1 Å². The molecule has 0 radical (unpaired) electrons. The van der Waals surface area contributed by atoms with E-state index in [4.69, 9.17) is 15.7 Å². The van der Waals surface area contributed by atoms with E-state index in [9.17, 15) is 0 Å². The number of nitrogens with zero attached hydrogens (tertiary/aromatic N) is 2. The zero-order valence-corrected chi connectivity index (χ0v) is 11.1. The Kier molecular flexibility index (Phi) is 5.40. The first kappa shape index (κ1) is 14.3. The number of aromatic nitrogens is 1. The van der Waals surface area contributed by atoms with E-state index in [0.717, 1.165) is 0 Å². The molecule has 1 rings (SSSR count). The topological polar surface area (TPSA) is 84.0 Å². The van der Waals surface area contributed by atoms with Gasteiger partial charge in [0.25, 0.3) is 0 Å². The van der Waals surface area contributed by atoms with Crippen molar-refractivity contribution < 1.29 is 4.74 Å². The van der Waals surface area contributed by atoms with Crippen molar-refractivity contribution in [1.29, 1.82) is 5.26 Å². The first-order chi connectivity index (χ1) is 8.58. The van der Waals surface area contributed by atoms with Crippen LogP contribution in [0.4, 0.5) is 11.5 Å². The number of nitriles is 1. The van der Waals surface area contributed by atoms with E-state index < -0.39 is 0 Å². The maximum absolute atomic E-state index is 8.75. The van der Waals surface area contributed by atoms with Crippen molar-refractivity contribution in [3.05, 3.63) is 17.8 Å². The molecule has 3 N–H and O–H groups in total. The molecule has 1 heterocycles. The lowest BCUT2D eigenvalue weighted by Crippen LogP contribution is -2.31. The average molecular weight is 248 g/mol. The highest BCUT2D eigenvalue weighted by Gasteiger charge is 2.15. The van der Waals surface area contributed by atoms with Gasteiger partial charge in [-0.25, -0.2) is 4.98 Å². The predicted octanol–water partition coefficient (Wildman–Crippen LogP) is 2.01. The van der Waals surface area contributed by atoms with Gasteiger partial charge < -0.3 is 15.8 Å². The molecule has 98 valence electrons. The molecular weight excluding hydrogens is 228 g/mol. The molecule has 1 atom stereocenters. The number of anilines is 2. The lowest BCUT2D eigenvalue weighted by molar-refractivity contribution is 0.126. The first-order valence-corrected chi connectivity index (χ1v) is 6.08. The van der Waals surface area contributed by atoms with Crippen LogP contribution in [-0.2, 0) is 4.74 Å². The average Bonchev–Trinajstić information content (AvgIpc) is 2.35. The minimum atomic E-state index is 0.146. The van der Waals surface area contributed by atoms with Crippen molar-refractivity contribution in [1.82, 2.24) is 4.98 Å². The molecule has 5 nitrogen and oxygen atoms in total. The highest BCUT2D eigenvalue weighted by molar-refractivity contribution is 5.63. The van der Waals surface area contributed by atoms with Gasteiger partial charge in [0.1, 0.15) is 11.9 Å². The van der Waals surface area contributed by atoms with Crippen LogP contribution >= 0.6 is 0 Å². The van der Waals surface area contributed by atoms with Gasteiger partial charge in [0.05, 0.1) is 23.9 Å². The molecule has 18 heavy (non-hydrogen) atoms. The quantitative estimate of drug-likeness (QED) is 0.804. The Hall–Kier alpha value is -1.80. The normalized spacial score (nSPS) is 12.2. The Morgan fingerprint density at radius 3 is 2.78 bits per heavy atom. The second-order valence-corrected chi connectivity index (χ2v) is 4.43. The summed E-state index contributed by atoms with van der Waals surface area (Å²) in [6, 6.07) is 3.77. The minimum absolute atomic E-state index is 0.146. The lowest BCUT2D eigenvalue weighted by atomic mass is 10.1. The van der Waals surface area contributed by atoms with Gasteiger partial charge in [-0.2, -0.15) is 5.26 Å². The van der Waals surface area contributed by atoms with E-state index in [2.05, 4.69) is 24.1 Å². The van der Waals surface area contributed by atoms with Gasteiger partial charge in [0, 0.05) is 12.8 Å². The van der Waals surface area contributed by atoms with Crippen molar-refractivity contribution in [2.45, 2.75) is 26.8 Å². The van der Waals surface area contributed by atoms with Crippen LogP contribution in [0, 0.1) is 17.2 Å². The number of nitrogens with one attached hydrogen (secondary N) is 1. The van der Waals surface area contributed by atoms with Crippen molar-refractivity contribution in [3.63, 3.8) is 0 Å². The molecule has 0 bridgehead atoms. The Labute approximate surface area is 108 Å². The van der Waals surface area contributed by atoms with Gasteiger partial charge >= 0.3 is 0 Å². The molecule has 0 aromatic carbocycles. The van der Waals surface area contributed by atoms with Crippen LogP contribution in [0.1, 0.15) is 26.3 Å². The van der Waals surface area contributed by atoms with E-state index in [1.807, 2.05) is 13.0 Å². The van der Waals surface area contributed by atoms with Crippen LogP contribution in [0.3, 0.4) is 0 Å². The molecular formula is C13H20N4O. The van der Waals surface area contributed by atoms with Crippen LogP contribution in [0.5, 0.6) is 0 Å². The van der Waals surface area contributed by atoms with E-state index in [0.29, 0.717) is 36.2 Å². The molecule has 0 aliphatic rings. The summed E-state index contributed by atoms with van der Waals surface area (Å²) >= 11 is 0. The fraction of sp³-hybridized carbons (Fsp3) is 0.538. The highest BCUT2D eigenvalue weighted by Crippen LogP contribution is 2.19. The fourth-order valence-electron chi connectivity index (χ4n) is 1.48. The molecule has 0 fully saturated rings. The third kappa shape index (κ3) is 3.90. The lowest BCUT2D eigenvalue weighted by Gasteiger charge is -2.23. The van der Waals surface area contributed by atoms with E-state index >= 15 is 0 Å². The summed E-state index contributed by atoms with van der Waals surface area (Å²) in [5.74, 6) is 1.00. The van der Waals surface area contributed by atoms with Crippen molar-refractivity contribution in [2.75, 3.05) is 24.3 Å². The number of nitrogens with two attached hydrogens (primary N) is 1. The third-order valence-corrected chi connectivity index (χ3v) is 2.67. The van der Waals surface area contributed by atoms with Crippen LogP contribution in [0.15, 0.2) is 12.3 Å². The summed E-state index contributed by atoms with van der Waals surface area (Å²) < 4.78 is 5.43. The zero-order chi connectivity index (χ0) is 13.5. The van der Waals surface area contributed by atoms with Crippen LogP contribution in [-0.4, -0.2) is 24.2 Å². The zero-order valence-electron chi connectivity index (χ0n) is 11.1. The second kappa shape index (κ2) is 6.82. The second-order valence-electron chi connectivity index (χ2n) is 4.43. The van der Waals surface area contributed by atoms with Crippen molar-refractivity contribution >= 4 is 11.5 Å². The van der Waals surface area contributed by atoms with Crippen molar-refractivity contribution in [2.24, 2.45) is 5.92 Å². The molecule has 0 saturated carbocycles. The molecule has 1 aromatic rings. The van der Waals surface area contributed by atoms with Gasteiger partial charge in [0.2, 0.25) is 0 Å².